The summed E-state index contributed by atoms with van der Waals surface area (Å²) in [6.45, 7) is 7.07. The van der Waals surface area contributed by atoms with Crippen LogP contribution in [-0.2, 0) is 11.3 Å². The van der Waals surface area contributed by atoms with Crippen molar-refractivity contribution in [3.05, 3.63) is 41.5 Å². The number of benzene rings is 1. The third-order valence-corrected chi connectivity index (χ3v) is 2.44. The van der Waals surface area contributed by atoms with E-state index in [0.29, 0.717) is 13.2 Å². The standard InChI is InChI=1S/C15H21NO2/c1-5-18-14-8-6-13(7-9-14)11-16(4)15(17)10-12(2)3/h6-10H,5,11H2,1-4H3. The number of hydrogen-bond acceptors (Lipinski definition) is 2. The van der Waals surface area contributed by atoms with E-state index in [4.69, 9.17) is 4.74 Å². The predicted molar refractivity (Wildman–Crippen MR) is 73.5 cm³/mol. The van der Waals surface area contributed by atoms with Crippen LogP contribution in [0.4, 0.5) is 0 Å². The molecule has 0 heterocycles. The van der Waals surface area contributed by atoms with Gasteiger partial charge >= 0.3 is 0 Å². The Balaban J connectivity index is 2.61. The smallest absolute Gasteiger partial charge is 0.246 e. The van der Waals surface area contributed by atoms with Crippen molar-refractivity contribution in [2.24, 2.45) is 0 Å². The maximum atomic E-state index is 11.8. The van der Waals surface area contributed by atoms with E-state index in [1.807, 2.05) is 45.0 Å². The molecule has 0 aliphatic carbocycles. The van der Waals surface area contributed by atoms with Crippen molar-refractivity contribution < 1.29 is 9.53 Å². The zero-order valence-electron chi connectivity index (χ0n) is 11.6. The van der Waals surface area contributed by atoms with Crippen molar-refractivity contribution in [3.8, 4) is 5.75 Å². The van der Waals surface area contributed by atoms with E-state index in [0.717, 1.165) is 16.9 Å². The fourth-order valence-electron chi connectivity index (χ4n) is 1.57. The van der Waals surface area contributed by atoms with Gasteiger partial charge in [0.2, 0.25) is 5.91 Å². The summed E-state index contributed by atoms with van der Waals surface area (Å²) < 4.78 is 5.38. The SMILES string of the molecule is CCOc1ccc(CN(C)C(=O)C=C(C)C)cc1. The molecule has 3 heteroatoms. The zero-order valence-corrected chi connectivity index (χ0v) is 11.6. The Hall–Kier alpha value is -1.77. The highest BCUT2D eigenvalue weighted by molar-refractivity contribution is 5.87. The molecule has 3 nitrogen and oxygen atoms in total. The average molecular weight is 247 g/mol. The third kappa shape index (κ3) is 4.62. The van der Waals surface area contributed by atoms with E-state index < -0.39 is 0 Å². The monoisotopic (exact) mass is 247 g/mol. The van der Waals surface area contributed by atoms with Crippen LogP contribution in [0.25, 0.3) is 0 Å². The van der Waals surface area contributed by atoms with E-state index in [-0.39, 0.29) is 5.91 Å². The molecule has 1 aromatic rings. The van der Waals surface area contributed by atoms with Gasteiger partial charge in [-0.3, -0.25) is 4.79 Å². The van der Waals surface area contributed by atoms with Gasteiger partial charge in [-0.1, -0.05) is 17.7 Å². The molecule has 0 radical (unpaired) electrons. The molecule has 0 spiro atoms. The van der Waals surface area contributed by atoms with Gasteiger partial charge in [0.05, 0.1) is 6.61 Å². The molecule has 1 aromatic carbocycles. The van der Waals surface area contributed by atoms with Crippen LogP contribution in [-0.4, -0.2) is 24.5 Å². The molecule has 0 aliphatic heterocycles. The van der Waals surface area contributed by atoms with Gasteiger partial charge in [0.25, 0.3) is 0 Å². The van der Waals surface area contributed by atoms with Gasteiger partial charge in [0, 0.05) is 19.7 Å². The Labute approximate surface area is 109 Å². The Morgan fingerprint density at radius 3 is 2.39 bits per heavy atom. The first kappa shape index (κ1) is 14.3. The van der Waals surface area contributed by atoms with E-state index in [1.165, 1.54) is 0 Å². The lowest BCUT2D eigenvalue weighted by molar-refractivity contribution is -0.125. The fourth-order valence-corrected chi connectivity index (χ4v) is 1.57. The molecular weight excluding hydrogens is 226 g/mol. The molecule has 0 N–H and O–H groups in total. The van der Waals surface area contributed by atoms with Crippen molar-refractivity contribution >= 4 is 5.91 Å². The first-order chi connectivity index (χ1) is 8.52. The molecule has 0 bridgehead atoms. The molecule has 0 saturated carbocycles. The van der Waals surface area contributed by atoms with Crippen LogP contribution in [0.1, 0.15) is 26.3 Å². The van der Waals surface area contributed by atoms with Gasteiger partial charge in [-0.2, -0.15) is 0 Å². The highest BCUT2D eigenvalue weighted by Crippen LogP contribution is 2.13. The molecule has 0 fully saturated rings. The molecule has 0 atom stereocenters. The molecule has 1 amide bonds. The highest BCUT2D eigenvalue weighted by atomic mass is 16.5. The predicted octanol–water partition coefficient (Wildman–Crippen LogP) is 3.01. The van der Waals surface area contributed by atoms with E-state index >= 15 is 0 Å². The number of likely N-dealkylation sites (N-methyl/N-ethyl adjacent to an activating group) is 1. The molecule has 1 rings (SSSR count). The minimum Gasteiger partial charge on any atom is -0.494 e. The first-order valence-electron chi connectivity index (χ1n) is 6.14. The lowest BCUT2D eigenvalue weighted by atomic mass is 10.2. The number of allylic oxidation sites excluding steroid dienone is 1. The number of rotatable bonds is 5. The summed E-state index contributed by atoms with van der Waals surface area (Å²) >= 11 is 0. The Bertz CT molecular complexity index is 417. The van der Waals surface area contributed by atoms with Crippen LogP contribution >= 0.6 is 0 Å². The first-order valence-corrected chi connectivity index (χ1v) is 6.14. The number of carbonyl (C=O) groups excluding carboxylic acids is 1. The van der Waals surface area contributed by atoms with E-state index in [1.54, 1.807) is 18.0 Å². The summed E-state index contributed by atoms with van der Waals surface area (Å²) in [7, 11) is 1.80. The number of hydrogen-bond donors (Lipinski definition) is 0. The van der Waals surface area contributed by atoms with Crippen LogP contribution < -0.4 is 4.74 Å². The van der Waals surface area contributed by atoms with Crippen LogP contribution in [0.15, 0.2) is 35.9 Å². The molecule has 18 heavy (non-hydrogen) atoms. The fraction of sp³-hybridized carbons (Fsp3) is 0.400. The number of amides is 1. The minimum absolute atomic E-state index is 0.0314. The van der Waals surface area contributed by atoms with Crippen LogP contribution in [0.5, 0.6) is 5.75 Å². The summed E-state index contributed by atoms with van der Waals surface area (Å²) in [4.78, 5) is 13.4. The van der Waals surface area contributed by atoms with Gasteiger partial charge in [-0.05, 0) is 38.5 Å². The summed E-state index contributed by atoms with van der Waals surface area (Å²) in [5.74, 6) is 0.892. The second-order valence-corrected chi connectivity index (χ2v) is 4.49. The van der Waals surface area contributed by atoms with Crippen molar-refractivity contribution in [1.29, 1.82) is 0 Å². The van der Waals surface area contributed by atoms with Crippen LogP contribution in [0, 0.1) is 0 Å². The summed E-state index contributed by atoms with van der Waals surface area (Å²) in [6, 6.07) is 7.82. The lowest BCUT2D eigenvalue weighted by Crippen LogP contribution is -2.24. The minimum atomic E-state index is 0.0314. The molecule has 0 unspecified atom stereocenters. The third-order valence-electron chi connectivity index (χ3n) is 2.44. The number of carbonyl (C=O) groups is 1. The van der Waals surface area contributed by atoms with Crippen LogP contribution in [0.2, 0.25) is 0 Å². The van der Waals surface area contributed by atoms with E-state index in [9.17, 15) is 4.79 Å². The zero-order chi connectivity index (χ0) is 13.5. The second kappa shape index (κ2) is 6.84. The Morgan fingerprint density at radius 2 is 1.89 bits per heavy atom. The topological polar surface area (TPSA) is 29.5 Å². The van der Waals surface area contributed by atoms with Gasteiger partial charge in [-0.25, -0.2) is 0 Å². The van der Waals surface area contributed by atoms with Crippen molar-refractivity contribution in [2.75, 3.05) is 13.7 Å². The molecule has 0 aliphatic rings. The van der Waals surface area contributed by atoms with Crippen molar-refractivity contribution in [2.45, 2.75) is 27.3 Å². The Kier molecular flexibility index (Phi) is 5.43. The van der Waals surface area contributed by atoms with Gasteiger partial charge in [0.1, 0.15) is 5.75 Å². The Morgan fingerprint density at radius 1 is 1.28 bits per heavy atom. The van der Waals surface area contributed by atoms with Crippen molar-refractivity contribution in [1.82, 2.24) is 4.90 Å². The van der Waals surface area contributed by atoms with Gasteiger partial charge < -0.3 is 9.64 Å². The molecule has 0 aromatic heterocycles. The van der Waals surface area contributed by atoms with Crippen LogP contribution in [0.3, 0.4) is 0 Å². The lowest BCUT2D eigenvalue weighted by Gasteiger charge is -2.15. The summed E-state index contributed by atoms with van der Waals surface area (Å²) in [6.07, 6.45) is 1.65. The normalized spacial score (nSPS) is 9.78. The molecular formula is C15H21NO2. The highest BCUT2D eigenvalue weighted by Gasteiger charge is 2.06. The van der Waals surface area contributed by atoms with Gasteiger partial charge in [0.15, 0.2) is 0 Å². The number of nitrogens with zero attached hydrogens (tertiary/aromatic N) is 1. The second-order valence-electron chi connectivity index (χ2n) is 4.49. The molecule has 98 valence electrons. The largest absolute Gasteiger partial charge is 0.494 e. The molecule has 0 saturated heterocycles. The quantitative estimate of drug-likeness (QED) is 0.749. The maximum absolute atomic E-state index is 11.8. The van der Waals surface area contributed by atoms with Crippen molar-refractivity contribution in [3.63, 3.8) is 0 Å². The average Bonchev–Trinajstić information content (AvgIpc) is 2.31. The summed E-state index contributed by atoms with van der Waals surface area (Å²) in [5.41, 5.74) is 2.11. The van der Waals surface area contributed by atoms with E-state index in [2.05, 4.69) is 0 Å². The number of ether oxygens (including phenoxy) is 1. The van der Waals surface area contributed by atoms with Gasteiger partial charge in [-0.15, -0.1) is 0 Å². The summed E-state index contributed by atoms with van der Waals surface area (Å²) in [5, 5.41) is 0. The maximum Gasteiger partial charge on any atom is 0.246 e.